The summed E-state index contributed by atoms with van der Waals surface area (Å²) in [6.07, 6.45) is 3.28. The van der Waals surface area contributed by atoms with Gasteiger partial charge in [0, 0.05) is 37.7 Å². The van der Waals surface area contributed by atoms with Gasteiger partial charge in [-0.05, 0) is 30.9 Å². The molecule has 1 amide bonds. The summed E-state index contributed by atoms with van der Waals surface area (Å²) >= 11 is 0. The second-order valence-electron chi connectivity index (χ2n) is 6.06. The van der Waals surface area contributed by atoms with Gasteiger partial charge in [0.2, 0.25) is 15.9 Å². The van der Waals surface area contributed by atoms with Gasteiger partial charge in [0.25, 0.3) is 5.69 Å². The van der Waals surface area contributed by atoms with Gasteiger partial charge in [0.15, 0.2) is 0 Å². The zero-order valence-electron chi connectivity index (χ0n) is 13.7. The van der Waals surface area contributed by atoms with Crippen molar-refractivity contribution in [1.82, 2.24) is 10.0 Å². The van der Waals surface area contributed by atoms with E-state index in [0.717, 1.165) is 31.4 Å². The number of nitrogens with two attached hydrogens (primary N) is 1. The minimum Gasteiger partial charge on any atom is -0.355 e. The van der Waals surface area contributed by atoms with Crippen LogP contribution in [0.3, 0.4) is 0 Å². The van der Waals surface area contributed by atoms with E-state index in [0.29, 0.717) is 6.42 Å². The molecule has 4 N–H and O–H groups in total. The van der Waals surface area contributed by atoms with Crippen LogP contribution in [0.5, 0.6) is 0 Å². The first kappa shape index (κ1) is 19.3. The van der Waals surface area contributed by atoms with Gasteiger partial charge >= 0.3 is 0 Å². The van der Waals surface area contributed by atoms with Crippen molar-refractivity contribution in [3.63, 3.8) is 0 Å². The van der Waals surface area contributed by atoms with Gasteiger partial charge in [-0.3, -0.25) is 14.9 Å². The van der Waals surface area contributed by atoms with Gasteiger partial charge in [-0.15, -0.1) is 0 Å². The number of hydrogen-bond acceptors (Lipinski definition) is 6. The molecule has 138 valence electrons. The maximum atomic E-state index is 12.1. The van der Waals surface area contributed by atoms with Gasteiger partial charge in [-0.25, -0.2) is 13.1 Å². The highest BCUT2D eigenvalue weighted by Crippen LogP contribution is 2.26. The first-order chi connectivity index (χ1) is 11.8. The topological polar surface area (TPSA) is 144 Å². The van der Waals surface area contributed by atoms with E-state index in [9.17, 15) is 23.3 Å². The Morgan fingerprint density at radius 1 is 1.24 bits per heavy atom. The molecule has 1 fully saturated rings. The third-order valence-corrected chi connectivity index (χ3v) is 5.74. The van der Waals surface area contributed by atoms with Crippen molar-refractivity contribution in [1.29, 1.82) is 0 Å². The zero-order valence-corrected chi connectivity index (χ0v) is 14.5. The molecule has 1 aromatic carbocycles. The van der Waals surface area contributed by atoms with Crippen molar-refractivity contribution < 1.29 is 18.1 Å². The van der Waals surface area contributed by atoms with Crippen LogP contribution in [0.15, 0.2) is 29.2 Å². The lowest BCUT2D eigenvalue weighted by atomic mass is 10.00. The summed E-state index contributed by atoms with van der Waals surface area (Å²) in [6, 6.07) is 4.65. The van der Waals surface area contributed by atoms with E-state index in [1.165, 1.54) is 12.1 Å². The van der Waals surface area contributed by atoms with E-state index in [4.69, 9.17) is 5.73 Å². The van der Waals surface area contributed by atoms with Crippen LogP contribution in [0.1, 0.15) is 25.7 Å². The second kappa shape index (κ2) is 8.37. The highest BCUT2D eigenvalue weighted by Gasteiger charge is 2.25. The fourth-order valence-corrected chi connectivity index (χ4v) is 3.88. The number of carbonyl (C=O) groups excluding carboxylic acids is 1. The Labute approximate surface area is 146 Å². The van der Waals surface area contributed by atoms with Gasteiger partial charge in [0.1, 0.15) is 0 Å². The molecular formula is C15H22N4O5S. The largest absolute Gasteiger partial charge is 0.355 e. The number of hydrogen-bond donors (Lipinski definition) is 3. The van der Waals surface area contributed by atoms with E-state index in [2.05, 4.69) is 10.0 Å². The summed E-state index contributed by atoms with van der Waals surface area (Å²) in [5.74, 6) is 0.0497. The highest BCUT2D eigenvalue weighted by molar-refractivity contribution is 7.89. The van der Waals surface area contributed by atoms with Crippen LogP contribution in [0.4, 0.5) is 5.69 Å². The lowest BCUT2D eigenvalue weighted by Gasteiger charge is -2.14. The average molecular weight is 370 g/mol. The normalized spacial score (nSPS) is 20.4. The molecular weight excluding hydrogens is 348 g/mol. The number of rotatable bonds is 8. The van der Waals surface area contributed by atoms with Gasteiger partial charge in [-0.2, -0.15) is 0 Å². The van der Waals surface area contributed by atoms with Crippen LogP contribution in [-0.4, -0.2) is 38.4 Å². The summed E-state index contributed by atoms with van der Waals surface area (Å²) < 4.78 is 26.5. The molecule has 2 atom stereocenters. The molecule has 1 aliphatic carbocycles. The fourth-order valence-electron chi connectivity index (χ4n) is 2.85. The van der Waals surface area contributed by atoms with Crippen molar-refractivity contribution >= 4 is 21.6 Å². The summed E-state index contributed by atoms with van der Waals surface area (Å²) in [7, 11) is -3.78. The fraction of sp³-hybridized carbons (Fsp3) is 0.533. The average Bonchev–Trinajstić information content (AvgIpc) is 2.96. The maximum Gasteiger partial charge on any atom is 0.269 e. The Morgan fingerprint density at radius 3 is 2.48 bits per heavy atom. The van der Waals surface area contributed by atoms with Crippen molar-refractivity contribution in [2.75, 3.05) is 13.1 Å². The predicted octanol–water partition coefficient (Wildman–Crippen LogP) is 0.507. The summed E-state index contributed by atoms with van der Waals surface area (Å²) in [5.41, 5.74) is 5.74. The molecule has 25 heavy (non-hydrogen) atoms. The predicted molar refractivity (Wildman–Crippen MR) is 91.2 cm³/mol. The molecule has 0 radical (unpaired) electrons. The third kappa shape index (κ3) is 5.48. The summed E-state index contributed by atoms with van der Waals surface area (Å²) in [6.45, 7) is 0.189. The van der Waals surface area contributed by atoms with E-state index in [1.54, 1.807) is 0 Å². The number of nitrogens with zero attached hydrogens (tertiary/aromatic N) is 1. The SMILES string of the molecule is N[C@@H]1CCC[C@H]1CC(=O)NCCNS(=O)(=O)c1ccc([N+](=O)[O-])cc1. The van der Waals surface area contributed by atoms with Crippen molar-refractivity contribution in [2.24, 2.45) is 11.7 Å². The molecule has 1 aromatic rings. The molecule has 0 aliphatic heterocycles. The molecule has 9 nitrogen and oxygen atoms in total. The van der Waals surface area contributed by atoms with E-state index in [-0.39, 0.29) is 41.5 Å². The van der Waals surface area contributed by atoms with Crippen molar-refractivity contribution in [3.05, 3.63) is 34.4 Å². The van der Waals surface area contributed by atoms with Crippen LogP contribution in [0, 0.1) is 16.0 Å². The molecule has 1 saturated carbocycles. The van der Waals surface area contributed by atoms with E-state index in [1.807, 2.05) is 0 Å². The third-order valence-electron chi connectivity index (χ3n) is 4.26. The first-order valence-electron chi connectivity index (χ1n) is 8.06. The Hall–Kier alpha value is -2.04. The number of sulfonamides is 1. The Morgan fingerprint density at radius 2 is 1.92 bits per heavy atom. The minimum atomic E-state index is -3.78. The molecule has 0 spiro atoms. The van der Waals surface area contributed by atoms with Crippen LogP contribution in [-0.2, 0) is 14.8 Å². The standard InChI is InChI=1S/C15H22N4O5S/c16-14-3-1-2-11(14)10-15(20)17-8-9-18-25(23,24)13-6-4-12(5-7-13)19(21)22/h4-7,11,14,18H,1-3,8-10,16H2,(H,17,20)/t11-,14+/m0/s1. The van der Waals surface area contributed by atoms with Crippen LogP contribution >= 0.6 is 0 Å². The molecule has 0 aromatic heterocycles. The summed E-state index contributed by atoms with van der Waals surface area (Å²) in [4.78, 5) is 21.7. The molecule has 10 heteroatoms. The lowest BCUT2D eigenvalue weighted by molar-refractivity contribution is -0.384. The van der Waals surface area contributed by atoms with Crippen LogP contribution in [0.25, 0.3) is 0 Å². The molecule has 2 rings (SSSR count). The monoisotopic (exact) mass is 370 g/mol. The Balaban J connectivity index is 1.76. The zero-order chi connectivity index (χ0) is 18.4. The number of non-ortho nitro benzene ring substituents is 1. The highest BCUT2D eigenvalue weighted by atomic mass is 32.2. The van der Waals surface area contributed by atoms with Crippen LogP contribution < -0.4 is 15.8 Å². The van der Waals surface area contributed by atoms with Crippen molar-refractivity contribution in [3.8, 4) is 0 Å². The van der Waals surface area contributed by atoms with E-state index < -0.39 is 14.9 Å². The molecule has 0 saturated heterocycles. The molecule has 0 bridgehead atoms. The maximum absolute atomic E-state index is 12.1. The molecule has 0 unspecified atom stereocenters. The number of benzene rings is 1. The smallest absolute Gasteiger partial charge is 0.269 e. The lowest BCUT2D eigenvalue weighted by Crippen LogP contribution is -2.36. The Kier molecular flexibility index (Phi) is 6.45. The van der Waals surface area contributed by atoms with Gasteiger partial charge in [0.05, 0.1) is 9.82 Å². The van der Waals surface area contributed by atoms with E-state index >= 15 is 0 Å². The number of amides is 1. The number of nitro groups is 1. The van der Waals surface area contributed by atoms with Gasteiger partial charge in [-0.1, -0.05) is 6.42 Å². The second-order valence-corrected chi connectivity index (χ2v) is 7.82. The number of nitro benzene ring substituents is 1. The molecule has 0 heterocycles. The summed E-state index contributed by atoms with van der Waals surface area (Å²) in [5, 5.41) is 13.2. The number of nitrogens with one attached hydrogen (secondary N) is 2. The minimum absolute atomic E-state index is 0.0295. The van der Waals surface area contributed by atoms with Gasteiger partial charge < -0.3 is 11.1 Å². The van der Waals surface area contributed by atoms with Crippen molar-refractivity contribution in [2.45, 2.75) is 36.6 Å². The number of carbonyl (C=O) groups is 1. The first-order valence-corrected chi connectivity index (χ1v) is 9.54. The quantitative estimate of drug-likeness (QED) is 0.345. The Bertz CT molecular complexity index is 720. The van der Waals surface area contributed by atoms with Crippen LogP contribution in [0.2, 0.25) is 0 Å². The molecule has 1 aliphatic rings.